The predicted molar refractivity (Wildman–Crippen MR) is 103 cm³/mol. The van der Waals surface area contributed by atoms with Crippen LogP contribution in [0.4, 0.5) is 0 Å². The van der Waals surface area contributed by atoms with Crippen molar-refractivity contribution in [2.24, 2.45) is 0 Å². The number of benzene rings is 3. The summed E-state index contributed by atoms with van der Waals surface area (Å²) in [6, 6.07) is 35.4. The SMILES string of the molecule is CO[Si](Cc1ccccc1)(Cc1ccccc1)Cc1ccccc1. The maximum Gasteiger partial charge on any atom is 0.205 e. The van der Waals surface area contributed by atoms with E-state index in [1.165, 1.54) is 16.7 Å². The standard InChI is InChI=1S/C22H24OSi/c1-23-24(17-20-11-5-2-6-12-20,18-21-13-7-3-8-14-21)19-22-15-9-4-10-16-22/h2-16H,17-19H2,1H3. The summed E-state index contributed by atoms with van der Waals surface area (Å²) in [5.41, 5.74) is 4.12. The highest BCUT2D eigenvalue weighted by atomic mass is 28.4. The molecular formula is C22H24OSi. The minimum Gasteiger partial charge on any atom is -0.419 e. The zero-order valence-electron chi connectivity index (χ0n) is 14.2. The van der Waals surface area contributed by atoms with Crippen molar-refractivity contribution in [3.8, 4) is 0 Å². The van der Waals surface area contributed by atoms with Crippen molar-refractivity contribution in [3.63, 3.8) is 0 Å². The van der Waals surface area contributed by atoms with Gasteiger partial charge in [-0.15, -0.1) is 0 Å². The number of hydrogen-bond donors (Lipinski definition) is 0. The van der Waals surface area contributed by atoms with Gasteiger partial charge in [0.1, 0.15) is 0 Å². The van der Waals surface area contributed by atoms with E-state index in [1.807, 2.05) is 7.11 Å². The molecule has 0 aliphatic heterocycles. The van der Waals surface area contributed by atoms with E-state index in [0.29, 0.717) is 0 Å². The Morgan fingerprint density at radius 1 is 0.542 bits per heavy atom. The van der Waals surface area contributed by atoms with Gasteiger partial charge in [0.15, 0.2) is 0 Å². The molecule has 0 saturated carbocycles. The van der Waals surface area contributed by atoms with Gasteiger partial charge in [-0.2, -0.15) is 0 Å². The lowest BCUT2D eigenvalue weighted by molar-refractivity contribution is 0.387. The monoisotopic (exact) mass is 332 g/mol. The van der Waals surface area contributed by atoms with Crippen molar-refractivity contribution in [2.45, 2.75) is 18.1 Å². The van der Waals surface area contributed by atoms with Crippen LogP contribution in [0.5, 0.6) is 0 Å². The molecular weight excluding hydrogens is 308 g/mol. The molecule has 0 aliphatic carbocycles. The van der Waals surface area contributed by atoms with Crippen LogP contribution in [-0.2, 0) is 22.6 Å². The Labute approximate surface area is 146 Å². The van der Waals surface area contributed by atoms with Crippen LogP contribution in [0.2, 0.25) is 0 Å². The van der Waals surface area contributed by atoms with Gasteiger partial charge in [0, 0.05) is 7.11 Å². The van der Waals surface area contributed by atoms with E-state index in [-0.39, 0.29) is 0 Å². The summed E-state index contributed by atoms with van der Waals surface area (Å²) >= 11 is 0. The molecule has 0 aromatic heterocycles. The number of hydrogen-bond acceptors (Lipinski definition) is 1. The Morgan fingerprint density at radius 3 is 1.08 bits per heavy atom. The third-order valence-electron chi connectivity index (χ3n) is 4.54. The Balaban J connectivity index is 1.91. The molecule has 3 rings (SSSR count). The molecule has 0 spiro atoms. The van der Waals surface area contributed by atoms with Crippen molar-refractivity contribution in [1.29, 1.82) is 0 Å². The molecule has 122 valence electrons. The molecule has 3 aromatic rings. The van der Waals surface area contributed by atoms with Crippen molar-refractivity contribution in [2.75, 3.05) is 7.11 Å². The fraction of sp³-hybridized carbons (Fsp3) is 0.182. The number of rotatable bonds is 7. The van der Waals surface area contributed by atoms with E-state index < -0.39 is 8.32 Å². The lowest BCUT2D eigenvalue weighted by Gasteiger charge is -2.30. The molecule has 0 N–H and O–H groups in total. The summed E-state index contributed by atoms with van der Waals surface area (Å²) < 4.78 is 6.29. The minimum atomic E-state index is -1.99. The van der Waals surface area contributed by atoms with Crippen LogP contribution in [0.25, 0.3) is 0 Å². The van der Waals surface area contributed by atoms with E-state index in [9.17, 15) is 0 Å². The van der Waals surface area contributed by atoms with Crippen LogP contribution in [0, 0.1) is 0 Å². The van der Waals surface area contributed by atoms with E-state index in [0.717, 1.165) is 18.1 Å². The third-order valence-corrected chi connectivity index (χ3v) is 8.56. The van der Waals surface area contributed by atoms with Gasteiger partial charge in [-0.1, -0.05) is 91.0 Å². The lowest BCUT2D eigenvalue weighted by Crippen LogP contribution is -2.46. The highest BCUT2D eigenvalue weighted by molar-refractivity contribution is 6.72. The molecule has 1 nitrogen and oxygen atoms in total. The smallest absolute Gasteiger partial charge is 0.205 e. The van der Waals surface area contributed by atoms with Gasteiger partial charge in [0.2, 0.25) is 8.32 Å². The molecule has 0 bridgehead atoms. The van der Waals surface area contributed by atoms with E-state index >= 15 is 0 Å². The molecule has 0 fully saturated rings. The highest BCUT2D eigenvalue weighted by Crippen LogP contribution is 2.23. The largest absolute Gasteiger partial charge is 0.419 e. The zero-order chi connectivity index (χ0) is 16.7. The van der Waals surface area contributed by atoms with Gasteiger partial charge in [0.05, 0.1) is 0 Å². The third kappa shape index (κ3) is 4.44. The second-order valence-corrected chi connectivity index (χ2v) is 10.2. The molecule has 0 aliphatic rings. The fourth-order valence-electron chi connectivity index (χ4n) is 3.31. The van der Waals surface area contributed by atoms with Crippen LogP contribution in [-0.4, -0.2) is 15.4 Å². The van der Waals surface area contributed by atoms with Gasteiger partial charge >= 0.3 is 0 Å². The first-order valence-electron chi connectivity index (χ1n) is 8.47. The maximum atomic E-state index is 6.29. The van der Waals surface area contributed by atoms with Crippen LogP contribution in [0.3, 0.4) is 0 Å². The van der Waals surface area contributed by atoms with Crippen LogP contribution < -0.4 is 0 Å². The summed E-state index contributed by atoms with van der Waals surface area (Å²) in [7, 11) is -0.0881. The fourth-order valence-corrected chi connectivity index (χ4v) is 7.05. The summed E-state index contributed by atoms with van der Waals surface area (Å²) in [6.07, 6.45) is 0. The Bertz CT molecular complexity index is 624. The molecule has 2 heteroatoms. The molecule has 0 saturated heterocycles. The molecule has 0 unspecified atom stereocenters. The van der Waals surface area contributed by atoms with E-state index in [1.54, 1.807) is 0 Å². The molecule has 24 heavy (non-hydrogen) atoms. The average molecular weight is 333 g/mol. The van der Waals surface area contributed by atoms with Crippen LogP contribution >= 0.6 is 0 Å². The average Bonchev–Trinajstić information content (AvgIpc) is 2.64. The molecule has 0 amide bonds. The minimum absolute atomic E-state index is 1.04. The topological polar surface area (TPSA) is 9.23 Å². The molecule has 0 atom stereocenters. The molecule has 0 heterocycles. The Kier molecular flexibility index (Phi) is 5.62. The second kappa shape index (κ2) is 8.09. The van der Waals surface area contributed by atoms with Crippen LogP contribution in [0.1, 0.15) is 16.7 Å². The zero-order valence-corrected chi connectivity index (χ0v) is 15.2. The van der Waals surface area contributed by atoms with Crippen molar-refractivity contribution >= 4 is 8.32 Å². The van der Waals surface area contributed by atoms with Gasteiger partial charge in [0.25, 0.3) is 0 Å². The molecule has 3 aromatic carbocycles. The van der Waals surface area contributed by atoms with Gasteiger partial charge in [-0.05, 0) is 34.8 Å². The summed E-state index contributed by atoms with van der Waals surface area (Å²) in [5.74, 6) is 0. The highest BCUT2D eigenvalue weighted by Gasteiger charge is 2.34. The maximum absolute atomic E-state index is 6.29. The lowest BCUT2D eigenvalue weighted by atomic mass is 10.2. The van der Waals surface area contributed by atoms with Crippen molar-refractivity contribution < 1.29 is 4.43 Å². The first-order chi connectivity index (χ1) is 11.8. The van der Waals surface area contributed by atoms with Crippen LogP contribution in [0.15, 0.2) is 91.0 Å². The first-order valence-corrected chi connectivity index (χ1v) is 11.0. The predicted octanol–water partition coefficient (Wildman–Crippen LogP) is 4.92. The quantitative estimate of drug-likeness (QED) is 0.558. The first kappa shape index (κ1) is 16.7. The van der Waals surface area contributed by atoms with E-state index in [2.05, 4.69) is 91.0 Å². The summed E-state index contributed by atoms with van der Waals surface area (Å²) in [5, 5.41) is 0. The Morgan fingerprint density at radius 2 is 0.833 bits per heavy atom. The summed E-state index contributed by atoms with van der Waals surface area (Å²) in [6.45, 7) is 0. The van der Waals surface area contributed by atoms with Gasteiger partial charge in [-0.25, -0.2) is 0 Å². The van der Waals surface area contributed by atoms with E-state index in [4.69, 9.17) is 4.43 Å². The Hall–Kier alpha value is -2.16. The second-order valence-electron chi connectivity index (χ2n) is 6.37. The van der Waals surface area contributed by atoms with Gasteiger partial charge < -0.3 is 4.43 Å². The normalized spacial score (nSPS) is 11.4. The van der Waals surface area contributed by atoms with Gasteiger partial charge in [-0.3, -0.25) is 0 Å². The van der Waals surface area contributed by atoms with Crippen molar-refractivity contribution in [1.82, 2.24) is 0 Å². The van der Waals surface area contributed by atoms with Crippen molar-refractivity contribution in [3.05, 3.63) is 108 Å². The molecule has 0 radical (unpaired) electrons. The summed E-state index contributed by atoms with van der Waals surface area (Å²) in [4.78, 5) is 0.